The molecule has 1 atom stereocenters. The summed E-state index contributed by atoms with van der Waals surface area (Å²) in [7, 11) is 0. The van der Waals surface area contributed by atoms with Crippen LogP contribution in [0.2, 0.25) is 0 Å². The lowest BCUT2D eigenvalue weighted by Crippen LogP contribution is -2.36. The molecule has 0 aromatic heterocycles. The van der Waals surface area contributed by atoms with E-state index in [9.17, 15) is 13.2 Å². The van der Waals surface area contributed by atoms with Crippen LogP contribution in [0.25, 0.3) is 0 Å². The van der Waals surface area contributed by atoms with Crippen LogP contribution in [0.3, 0.4) is 0 Å². The number of rotatable bonds is 3. The lowest BCUT2D eigenvalue weighted by atomic mass is 9.98. The molecule has 0 radical (unpaired) electrons. The van der Waals surface area contributed by atoms with E-state index in [1.807, 2.05) is 4.90 Å². The Hall–Kier alpha value is -1.14. The molecule has 1 aliphatic rings. The number of halogens is 3. The Morgan fingerprint density at radius 1 is 1.21 bits per heavy atom. The molecule has 1 aromatic rings. The molecule has 19 heavy (non-hydrogen) atoms. The number of nitrogens with two attached hydrogens (primary N) is 1. The first kappa shape index (κ1) is 14.3. The van der Waals surface area contributed by atoms with Crippen LogP contribution in [0.1, 0.15) is 30.0 Å². The number of thiocarbonyl (C=S) groups is 1. The van der Waals surface area contributed by atoms with Crippen LogP contribution in [0, 0.1) is 0 Å². The van der Waals surface area contributed by atoms with E-state index in [4.69, 9.17) is 18.0 Å². The van der Waals surface area contributed by atoms with Gasteiger partial charge in [0.2, 0.25) is 0 Å². The van der Waals surface area contributed by atoms with Crippen LogP contribution < -0.4 is 5.73 Å². The van der Waals surface area contributed by atoms with Gasteiger partial charge in [0.25, 0.3) is 0 Å². The number of hydrogen-bond donors (Lipinski definition) is 1. The highest BCUT2D eigenvalue weighted by atomic mass is 32.1. The fraction of sp³-hybridized carbons (Fsp3) is 0.462. The molecule has 1 saturated heterocycles. The van der Waals surface area contributed by atoms with E-state index in [1.165, 1.54) is 12.1 Å². The van der Waals surface area contributed by atoms with Gasteiger partial charge in [-0.25, -0.2) is 0 Å². The summed E-state index contributed by atoms with van der Waals surface area (Å²) in [6.07, 6.45) is -2.46. The number of nitrogens with zero attached hydrogens (tertiary/aromatic N) is 1. The maximum atomic E-state index is 13.1. The van der Waals surface area contributed by atoms with E-state index in [2.05, 4.69) is 0 Å². The Kier molecular flexibility index (Phi) is 4.10. The van der Waals surface area contributed by atoms with Gasteiger partial charge in [-0.15, -0.1) is 0 Å². The molecule has 1 aromatic carbocycles. The van der Waals surface area contributed by atoms with Crippen molar-refractivity contribution in [1.82, 2.24) is 4.90 Å². The van der Waals surface area contributed by atoms with Crippen molar-refractivity contribution in [3.63, 3.8) is 0 Å². The standard InChI is InChI=1S/C13H15F3N2S/c14-13(15,16)10-6-2-1-5-9(10)11(12(17)19)18-7-3-4-8-18/h1-2,5-6,11H,3-4,7-8H2,(H2,17,19). The van der Waals surface area contributed by atoms with Crippen molar-refractivity contribution in [1.29, 1.82) is 0 Å². The van der Waals surface area contributed by atoms with Gasteiger partial charge in [-0.3, -0.25) is 4.90 Å². The summed E-state index contributed by atoms with van der Waals surface area (Å²) in [6, 6.07) is 4.89. The van der Waals surface area contributed by atoms with E-state index in [-0.39, 0.29) is 10.6 Å². The van der Waals surface area contributed by atoms with Crippen LogP contribution >= 0.6 is 12.2 Å². The number of hydrogen-bond acceptors (Lipinski definition) is 2. The van der Waals surface area contributed by atoms with E-state index in [0.29, 0.717) is 0 Å². The molecule has 6 heteroatoms. The molecule has 0 spiro atoms. The summed E-state index contributed by atoms with van der Waals surface area (Å²) in [5, 5.41) is 0. The Morgan fingerprint density at radius 3 is 2.32 bits per heavy atom. The third-order valence-corrected chi connectivity index (χ3v) is 3.56. The van der Waals surface area contributed by atoms with Crippen molar-refractivity contribution in [3.8, 4) is 0 Å². The minimum atomic E-state index is -4.39. The van der Waals surface area contributed by atoms with E-state index < -0.39 is 17.8 Å². The highest BCUT2D eigenvalue weighted by Gasteiger charge is 2.37. The average Bonchev–Trinajstić information content (AvgIpc) is 2.81. The second-order valence-corrected chi connectivity index (χ2v) is 5.10. The maximum Gasteiger partial charge on any atom is 0.416 e. The zero-order valence-electron chi connectivity index (χ0n) is 10.3. The largest absolute Gasteiger partial charge is 0.416 e. The molecule has 2 N–H and O–H groups in total. The Bertz CT molecular complexity index is 467. The van der Waals surface area contributed by atoms with E-state index in [0.717, 1.165) is 32.0 Å². The van der Waals surface area contributed by atoms with Gasteiger partial charge in [0.05, 0.1) is 16.6 Å². The van der Waals surface area contributed by atoms with Gasteiger partial charge >= 0.3 is 6.18 Å². The molecule has 2 rings (SSSR count). The van der Waals surface area contributed by atoms with Gasteiger partial charge < -0.3 is 5.73 Å². The van der Waals surface area contributed by atoms with Crippen LogP contribution in [0.4, 0.5) is 13.2 Å². The number of alkyl halides is 3. The summed E-state index contributed by atoms with van der Waals surface area (Å²) >= 11 is 4.99. The van der Waals surface area contributed by atoms with E-state index in [1.54, 1.807) is 6.07 Å². The Morgan fingerprint density at radius 2 is 1.79 bits per heavy atom. The van der Waals surface area contributed by atoms with Gasteiger partial charge in [-0.2, -0.15) is 13.2 Å². The van der Waals surface area contributed by atoms with Crippen molar-refractivity contribution in [2.45, 2.75) is 25.1 Å². The lowest BCUT2D eigenvalue weighted by molar-refractivity contribution is -0.138. The highest BCUT2D eigenvalue weighted by molar-refractivity contribution is 7.80. The zero-order valence-corrected chi connectivity index (χ0v) is 11.1. The average molecular weight is 288 g/mol. The third-order valence-electron chi connectivity index (χ3n) is 3.34. The topological polar surface area (TPSA) is 29.3 Å². The molecule has 104 valence electrons. The van der Waals surface area contributed by atoms with Crippen LogP contribution in [0.15, 0.2) is 24.3 Å². The Labute approximate surface area is 115 Å². The van der Waals surface area contributed by atoms with Crippen LogP contribution in [0.5, 0.6) is 0 Å². The molecule has 1 fully saturated rings. The summed E-state index contributed by atoms with van der Waals surface area (Å²) in [4.78, 5) is 2.02. The SMILES string of the molecule is NC(=S)C(c1ccccc1C(F)(F)F)N1CCCC1. The van der Waals surface area contributed by atoms with Gasteiger partial charge in [0.1, 0.15) is 0 Å². The summed E-state index contributed by atoms with van der Waals surface area (Å²) in [5.41, 5.74) is 5.19. The number of likely N-dealkylation sites (tertiary alicyclic amines) is 1. The monoisotopic (exact) mass is 288 g/mol. The third kappa shape index (κ3) is 3.06. The first-order valence-corrected chi connectivity index (χ1v) is 6.51. The normalized spacial score (nSPS) is 18.5. The molecule has 0 aliphatic carbocycles. The number of benzene rings is 1. The summed E-state index contributed by atoms with van der Waals surface area (Å²) < 4.78 is 39.2. The summed E-state index contributed by atoms with van der Waals surface area (Å²) in [6.45, 7) is 1.46. The smallest absolute Gasteiger partial charge is 0.392 e. The van der Waals surface area contributed by atoms with Gasteiger partial charge in [-0.1, -0.05) is 30.4 Å². The van der Waals surface area contributed by atoms with Crippen molar-refractivity contribution in [2.24, 2.45) is 5.73 Å². The molecule has 0 bridgehead atoms. The predicted molar refractivity (Wildman–Crippen MR) is 71.8 cm³/mol. The molecule has 2 nitrogen and oxygen atoms in total. The molecule has 1 unspecified atom stereocenters. The molecule has 1 heterocycles. The molecule has 0 amide bonds. The lowest BCUT2D eigenvalue weighted by Gasteiger charge is -2.29. The zero-order chi connectivity index (χ0) is 14.0. The fourth-order valence-corrected chi connectivity index (χ4v) is 2.80. The molecular weight excluding hydrogens is 273 g/mol. The first-order valence-electron chi connectivity index (χ1n) is 6.11. The van der Waals surface area contributed by atoms with E-state index >= 15 is 0 Å². The maximum absolute atomic E-state index is 13.1. The quantitative estimate of drug-likeness (QED) is 0.867. The van der Waals surface area contributed by atoms with Crippen LogP contribution in [-0.4, -0.2) is 23.0 Å². The second-order valence-electron chi connectivity index (χ2n) is 4.63. The van der Waals surface area contributed by atoms with Gasteiger partial charge in [0.15, 0.2) is 0 Å². The van der Waals surface area contributed by atoms with Crippen LogP contribution in [-0.2, 0) is 6.18 Å². The minimum absolute atomic E-state index is 0.0959. The second kappa shape index (κ2) is 5.46. The van der Waals surface area contributed by atoms with Gasteiger partial charge in [-0.05, 0) is 37.6 Å². The summed E-state index contributed by atoms with van der Waals surface area (Å²) in [5.74, 6) is 0. The molecular formula is C13H15F3N2S. The minimum Gasteiger partial charge on any atom is -0.392 e. The predicted octanol–water partition coefficient (Wildman–Crippen LogP) is 3.13. The van der Waals surface area contributed by atoms with Crippen molar-refractivity contribution >= 4 is 17.2 Å². The Balaban J connectivity index is 2.45. The fourth-order valence-electron chi connectivity index (χ4n) is 2.52. The highest BCUT2D eigenvalue weighted by Crippen LogP contribution is 2.37. The van der Waals surface area contributed by atoms with Crippen molar-refractivity contribution in [3.05, 3.63) is 35.4 Å². The first-order chi connectivity index (χ1) is 8.91. The van der Waals surface area contributed by atoms with Gasteiger partial charge in [0, 0.05) is 0 Å². The van der Waals surface area contributed by atoms with Crippen molar-refractivity contribution < 1.29 is 13.2 Å². The molecule has 0 saturated carbocycles. The molecule has 1 aliphatic heterocycles. The van der Waals surface area contributed by atoms with Crippen molar-refractivity contribution in [2.75, 3.05) is 13.1 Å².